The van der Waals surface area contributed by atoms with Crippen molar-refractivity contribution < 1.29 is 9.47 Å². The molecule has 0 saturated carbocycles. The van der Waals surface area contributed by atoms with E-state index in [1.807, 2.05) is 53.9 Å². The van der Waals surface area contributed by atoms with Crippen LogP contribution in [-0.2, 0) is 13.2 Å². The lowest BCUT2D eigenvalue weighted by Crippen LogP contribution is -2.17. The van der Waals surface area contributed by atoms with Gasteiger partial charge >= 0.3 is 0 Å². The number of thioether (sulfide) groups is 1. The number of nitrogens with zero attached hydrogens (tertiary/aromatic N) is 4. The average Bonchev–Trinajstić information content (AvgIpc) is 3.50. The van der Waals surface area contributed by atoms with Gasteiger partial charge in [0.2, 0.25) is 5.16 Å². The average molecular weight is 490 g/mol. The summed E-state index contributed by atoms with van der Waals surface area (Å²) in [4.78, 5) is 1.18. The molecule has 0 radical (unpaired) electrons. The topological polar surface area (TPSA) is 74.1 Å². The third-order valence-corrected chi connectivity index (χ3v) is 6.23. The number of nitrogens with one attached hydrogen (secondary N) is 1. The van der Waals surface area contributed by atoms with E-state index in [4.69, 9.17) is 9.47 Å². The van der Waals surface area contributed by atoms with Crippen molar-refractivity contribution in [2.45, 2.75) is 18.3 Å². The summed E-state index contributed by atoms with van der Waals surface area (Å²) in [7, 11) is 1.66. The van der Waals surface area contributed by atoms with E-state index in [9.17, 15) is 0 Å². The van der Waals surface area contributed by atoms with Crippen molar-refractivity contribution in [3.8, 4) is 17.2 Å². The van der Waals surface area contributed by atoms with Gasteiger partial charge < -0.3 is 14.8 Å². The Kier molecular flexibility index (Phi) is 9.36. The van der Waals surface area contributed by atoms with Gasteiger partial charge in [-0.2, -0.15) is 4.68 Å². The van der Waals surface area contributed by atoms with Crippen molar-refractivity contribution in [2.75, 3.05) is 19.4 Å². The van der Waals surface area contributed by atoms with Gasteiger partial charge in [-0.1, -0.05) is 42.1 Å². The van der Waals surface area contributed by atoms with E-state index in [0.29, 0.717) is 6.61 Å². The third-order valence-electron chi connectivity index (χ3n) is 4.46. The van der Waals surface area contributed by atoms with E-state index in [2.05, 4.69) is 33.0 Å². The highest BCUT2D eigenvalue weighted by molar-refractivity contribution is 7.99. The monoisotopic (exact) mass is 489 g/mol. The minimum absolute atomic E-state index is 0. The predicted molar refractivity (Wildman–Crippen MR) is 130 cm³/mol. The minimum Gasteiger partial charge on any atom is -0.493 e. The van der Waals surface area contributed by atoms with E-state index in [1.165, 1.54) is 4.88 Å². The molecular weight excluding hydrogens is 466 g/mol. The van der Waals surface area contributed by atoms with Crippen LogP contribution < -0.4 is 14.8 Å². The van der Waals surface area contributed by atoms with Crippen LogP contribution in [0.3, 0.4) is 0 Å². The Labute approximate surface area is 201 Å². The fourth-order valence-electron chi connectivity index (χ4n) is 2.93. The minimum atomic E-state index is 0. The maximum Gasteiger partial charge on any atom is 0.214 e. The molecule has 0 amide bonds. The number of methoxy groups -OCH3 is 1. The quantitative estimate of drug-likeness (QED) is 0.243. The molecule has 0 fully saturated rings. The molecular formula is C22H24ClN5O2S2. The molecule has 0 aliphatic heterocycles. The van der Waals surface area contributed by atoms with Gasteiger partial charge in [-0.3, -0.25) is 0 Å². The van der Waals surface area contributed by atoms with Gasteiger partial charge in [0.05, 0.1) is 12.8 Å². The Bertz CT molecular complexity index is 1080. The molecule has 2 heterocycles. The normalized spacial score (nSPS) is 10.5. The number of rotatable bonds is 11. The van der Waals surface area contributed by atoms with Gasteiger partial charge in [0.25, 0.3) is 0 Å². The van der Waals surface area contributed by atoms with Gasteiger partial charge in [0, 0.05) is 23.7 Å². The summed E-state index contributed by atoms with van der Waals surface area (Å²) in [5.74, 6) is 2.35. The van der Waals surface area contributed by atoms with Crippen LogP contribution in [0.5, 0.6) is 11.5 Å². The lowest BCUT2D eigenvalue weighted by molar-refractivity contribution is 0.287. The number of tetrazole rings is 1. The summed E-state index contributed by atoms with van der Waals surface area (Å²) < 4.78 is 13.2. The second kappa shape index (κ2) is 12.4. The zero-order valence-corrected chi connectivity index (χ0v) is 20.0. The van der Waals surface area contributed by atoms with E-state index in [0.717, 1.165) is 46.7 Å². The van der Waals surface area contributed by atoms with Crippen molar-refractivity contribution in [1.29, 1.82) is 0 Å². The largest absolute Gasteiger partial charge is 0.493 e. The molecule has 0 saturated heterocycles. The number of hydrogen-bond acceptors (Lipinski definition) is 8. The highest BCUT2D eigenvalue weighted by Gasteiger charge is 2.09. The zero-order valence-electron chi connectivity index (χ0n) is 17.5. The van der Waals surface area contributed by atoms with Gasteiger partial charge in [-0.25, -0.2) is 0 Å². The highest BCUT2D eigenvalue weighted by atomic mass is 35.5. The summed E-state index contributed by atoms with van der Waals surface area (Å²) in [5, 5.41) is 18.3. The van der Waals surface area contributed by atoms with Gasteiger partial charge in [-0.15, -0.1) is 28.8 Å². The lowest BCUT2D eigenvalue weighted by atomic mass is 10.2. The molecule has 0 aliphatic carbocycles. The molecule has 32 heavy (non-hydrogen) atoms. The molecule has 10 heteroatoms. The van der Waals surface area contributed by atoms with Crippen LogP contribution >= 0.6 is 35.5 Å². The van der Waals surface area contributed by atoms with Gasteiger partial charge in [-0.05, 0) is 51.7 Å². The van der Waals surface area contributed by atoms with Crippen LogP contribution in [0.15, 0.2) is 71.2 Å². The van der Waals surface area contributed by atoms with E-state index >= 15 is 0 Å². The zero-order chi connectivity index (χ0) is 21.3. The molecule has 0 bridgehead atoms. The second-order valence-corrected chi connectivity index (χ2v) is 8.68. The maximum atomic E-state index is 5.90. The number of aromatic nitrogens is 4. The van der Waals surface area contributed by atoms with Crippen LogP contribution in [0.4, 0.5) is 0 Å². The van der Waals surface area contributed by atoms with Crippen molar-refractivity contribution in [2.24, 2.45) is 0 Å². The first kappa shape index (κ1) is 24.1. The van der Waals surface area contributed by atoms with Crippen molar-refractivity contribution >= 4 is 35.5 Å². The number of ether oxygens (including phenoxy) is 2. The van der Waals surface area contributed by atoms with Crippen molar-refractivity contribution in [3.05, 3.63) is 76.5 Å². The van der Waals surface area contributed by atoms with Gasteiger partial charge in [0.15, 0.2) is 11.5 Å². The first-order valence-corrected chi connectivity index (χ1v) is 11.7. The van der Waals surface area contributed by atoms with Crippen LogP contribution in [0.2, 0.25) is 0 Å². The molecule has 168 valence electrons. The number of thiophene rings is 1. The van der Waals surface area contributed by atoms with Crippen molar-refractivity contribution in [3.63, 3.8) is 0 Å². The number of benzene rings is 2. The number of halogens is 1. The summed E-state index contributed by atoms with van der Waals surface area (Å²) in [6, 6.07) is 20.0. The van der Waals surface area contributed by atoms with Crippen LogP contribution in [-0.4, -0.2) is 39.6 Å². The molecule has 4 aromatic rings. The SMILES string of the molecule is COc1cc(CNCCSc2nnnn2-c2ccccc2)ccc1OCc1cccs1.Cl. The fraction of sp³-hybridized carbons (Fsp3) is 0.227. The second-order valence-electron chi connectivity index (χ2n) is 6.59. The molecule has 1 N–H and O–H groups in total. The van der Waals surface area contributed by atoms with Crippen LogP contribution in [0.25, 0.3) is 5.69 Å². The Morgan fingerprint density at radius 1 is 1.06 bits per heavy atom. The van der Waals surface area contributed by atoms with E-state index in [1.54, 1.807) is 34.9 Å². The molecule has 0 atom stereocenters. The Balaban J connectivity index is 0.00000289. The summed E-state index contributed by atoms with van der Waals surface area (Å²) in [5.41, 5.74) is 2.09. The smallest absolute Gasteiger partial charge is 0.214 e. The molecule has 0 spiro atoms. The van der Waals surface area contributed by atoms with Crippen LogP contribution in [0, 0.1) is 0 Å². The Morgan fingerprint density at radius 3 is 2.72 bits per heavy atom. The Hall–Kier alpha value is -2.59. The number of hydrogen-bond donors (Lipinski definition) is 1. The fourth-order valence-corrected chi connectivity index (χ4v) is 4.34. The molecule has 4 rings (SSSR count). The van der Waals surface area contributed by atoms with E-state index < -0.39 is 0 Å². The first-order chi connectivity index (χ1) is 15.3. The molecule has 2 aromatic heterocycles. The molecule has 0 aliphatic rings. The van der Waals surface area contributed by atoms with Crippen LogP contribution in [0.1, 0.15) is 10.4 Å². The molecule has 0 unspecified atom stereocenters. The molecule has 2 aromatic carbocycles. The summed E-state index contributed by atoms with van der Waals surface area (Å²) in [6.07, 6.45) is 0. The summed E-state index contributed by atoms with van der Waals surface area (Å²) >= 11 is 3.30. The van der Waals surface area contributed by atoms with E-state index in [-0.39, 0.29) is 12.4 Å². The lowest BCUT2D eigenvalue weighted by Gasteiger charge is -2.12. The number of para-hydroxylation sites is 1. The van der Waals surface area contributed by atoms with Gasteiger partial charge in [0.1, 0.15) is 6.61 Å². The third kappa shape index (κ3) is 6.46. The Morgan fingerprint density at radius 2 is 1.94 bits per heavy atom. The standard InChI is InChI=1S/C22H23N5O2S2.ClH/c1-28-21-14-17(9-10-20(21)29-16-19-8-5-12-30-19)15-23-11-13-31-22-24-25-26-27(22)18-6-3-2-4-7-18;/h2-10,12,14,23H,11,13,15-16H2,1H3;1H. The highest BCUT2D eigenvalue weighted by Crippen LogP contribution is 2.29. The maximum absolute atomic E-state index is 5.90. The predicted octanol–water partition coefficient (Wildman–Crippen LogP) is 4.62. The first-order valence-electron chi connectivity index (χ1n) is 9.83. The van der Waals surface area contributed by atoms with Crippen molar-refractivity contribution in [1.82, 2.24) is 25.5 Å². The summed E-state index contributed by atoms with van der Waals surface area (Å²) in [6.45, 7) is 2.11. The molecule has 7 nitrogen and oxygen atoms in total.